The Morgan fingerprint density at radius 3 is 2.64 bits per heavy atom. The Kier molecular flexibility index (Phi) is 4.45. The van der Waals surface area contributed by atoms with Gasteiger partial charge in [0, 0.05) is 16.3 Å². The summed E-state index contributed by atoms with van der Waals surface area (Å²) in [6, 6.07) is 7.54. The van der Waals surface area contributed by atoms with Gasteiger partial charge in [0.25, 0.3) is 5.56 Å². The smallest absolute Gasteiger partial charge is 0.268 e. The fraction of sp³-hybridized carbons (Fsp3) is 0.250. The van der Waals surface area contributed by atoms with Crippen molar-refractivity contribution >= 4 is 11.6 Å². The predicted molar refractivity (Wildman–Crippen MR) is 93.2 cm³/mol. The molecule has 0 bridgehead atoms. The molecule has 1 aromatic carbocycles. The molecule has 0 spiro atoms. The molecule has 0 amide bonds. The van der Waals surface area contributed by atoms with E-state index in [0.29, 0.717) is 11.4 Å². The summed E-state index contributed by atoms with van der Waals surface area (Å²) in [6.07, 6.45) is 1.52. The standard InChI is InChI=1S/C16H16ClN5O3/c1-9-5-3-4-6-12(9)21-8-18-15(17)14(21)11(7-22(24)25)13-10(2)19-20-16(13)23/h3-6,8,11H,7H2,1-2H3,(H2,19,20,23). The summed E-state index contributed by atoms with van der Waals surface area (Å²) in [7, 11) is 0. The first-order valence-electron chi connectivity index (χ1n) is 7.57. The first-order valence-corrected chi connectivity index (χ1v) is 7.95. The number of halogens is 1. The summed E-state index contributed by atoms with van der Waals surface area (Å²) in [5, 5.41) is 16.6. The minimum atomic E-state index is -0.834. The highest BCUT2D eigenvalue weighted by Crippen LogP contribution is 2.32. The molecule has 0 aliphatic heterocycles. The van der Waals surface area contributed by atoms with Crippen molar-refractivity contribution < 1.29 is 4.92 Å². The van der Waals surface area contributed by atoms with Crippen LogP contribution in [0.1, 0.15) is 28.4 Å². The highest BCUT2D eigenvalue weighted by Gasteiger charge is 2.32. The molecule has 3 aromatic rings. The van der Waals surface area contributed by atoms with Gasteiger partial charge >= 0.3 is 0 Å². The van der Waals surface area contributed by atoms with Crippen LogP contribution in [-0.2, 0) is 0 Å². The zero-order chi connectivity index (χ0) is 18.1. The summed E-state index contributed by atoms with van der Waals surface area (Å²) in [5.74, 6) is -0.834. The van der Waals surface area contributed by atoms with Crippen molar-refractivity contribution in [1.29, 1.82) is 0 Å². The zero-order valence-electron chi connectivity index (χ0n) is 13.6. The summed E-state index contributed by atoms with van der Waals surface area (Å²) in [4.78, 5) is 27.1. The number of aromatic amines is 2. The number of hydrogen-bond acceptors (Lipinski definition) is 4. The maximum atomic E-state index is 12.2. The van der Waals surface area contributed by atoms with Crippen LogP contribution in [0.4, 0.5) is 0 Å². The monoisotopic (exact) mass is 361 g/mol. The van der Waals surface area contributed by atoms with Crippen LogP contribution in [0, 0.1) is 24.0 Å². The lowest BCUT2D eigenvalue weighted by molar-refractivity contribution is -0.482. The average Bonchev–Trinajstić information content (AvgIpc) is 3.09. The van der Waals surface area contributed by atoms with Crippen LogP contribution in [0.25, 0.3) is 5.69 Å². The van der Waals surface area contributed by atoms with Crippen molar-refractivity contribution in [3.8, 4) is 5.69 Å². The van der Waals surface area contributed by atoms with Crippen LogP contribution < -0.4 is 5.56 Å². The van der Waals surface area contributed by atoms with Gasteiger partial charge in [-0.1, -0.05) is 29.8 Å². The topological polar surface area (TPSA) is 110 Å². The average molecular weight is 362 g/mol. The second-order valence-corrected chi connectivity index (χ2v) is 6.12. The molecule has 2 N–H and O–H groups in total. The van der Waals surface area contributed by atoms with E-state index in [4.69, 9.17) is 11.6 Å². The lowest BCUT2D eigenvalue weighted by Crippen LogP contribution is -2.23. The summed E-state index contributed by atoms with van der Waals surface area (Å²) in [5.41, 5.74) is 2.59. The van der Waals surface area contributed by atoms with Gasteiger partial charge in [0.15, 0.2) is 5.15 Å². The highest BCUT2D eigenvalue weighted by atomic mass is 35.5. The lowest BCUT2D eigenvalue weighted by Gasteiger charge is -2.17. The highest BCUT2D eigenvalue weighted by molar-refractivity contribution is 6.30. The Morgan fingerprint density at radius 1 is 1.32 bits per heavy atom. The van der Waals surface area contributed by atoms with Crippen LogP contribution in [0.2, 0.25) is 5.15 Å². The first kappa shape index (κ1) is 17.0. The molecule has 130 valence electrons. The van der Waals surface area contributed by atoms with E-state index in [1.807, 2.05) is 31.2 Å². The van der Waals surface area contributed by atoms with Gasteiger partial charge in [-0.05, 0) is 25.5 Å². The normalized spacial score (nSPS) is 12.3. The third-order valence-corrected chi connectivity index (χ3v) is 4.45. The number of hydrogen-bond donors (Lipinski definition) is 2. The van der Waals surface area contributed by atoms with E-state index in [1.54, 1.807) is 11.5 Å². The van der Waals surface area contributed by atoms with E-state index in [0.717, 1.165) is 11.3 Å². The molecule has 8 nitrogen and oxygen atoms in total. The molecule has 2 heterocycles. The van der Waals surface area contributed by atoms with E-state index in [-0.39, 0.29) is 10.7 Å². The molecule has 1 atom stereocenters. The third-order valence-electron chi connectivity index (χ3n) is 4.15. The molecule has 0 fully saturated rings. The van der Waals surface area contributed by atoms with Gasteiger partial charge in [0.1, 0.15) is 6.33 Å². The Balaban J connectivity index is 2.25. The van der Waals surface area contributed by atoms with Crippen LogP contribution >= 0.6 is 11.6 Å². The van der Waals surface area contributed by atoms with E-state index >= 15 is 0 Å². The van der Waals surface area contributed by atoms with Crippen molar-refractivity contribution in [1.82, 2.24) is 19.7 Å². The Labute approximate surface area is 147 Å². The number of aryl methyl sites for hydroxylation is 2. The van der Waals surface area contributed by atoms with Gasteiger partial charge in [0.05, 0.1) is 17.2 Å². The van der Waals surface area contributed by atoms with Crippen LogP contribution in [0.5, 0.6) is 0 Å². The number of para-hydroxylation sites is 1. The van der Waals surface area contributed by atoms with Crippen molar-refractivity contribution in [3.63, 3.8) is 0 Å². The van der Waals surface area contributed by atoms with Gasteiger partial charge in [-0.15, -0.1) is 0 Å². The van der Waals surface area contributed by atoms with Gasteiger partial charge in [0.2, 0.25) is 6.54 Å². The predicted octanol–water partition coefficient (Wildman–Crippen LogP) is 2.57. The van der Waals surface area contributed by atoms with Gasteiger partial charge in [-0.25, -0.2) is 4.98 Å². The summed E-state index contributed by atoms with van der Waals surface area (Å²) < 4.78 is 1.71. The number of nitro groups is 1. The number of benzene rings is 1. The molecule has 2 aromatic heterocycles. The largest absolute Gasteiger partial charge is 0.302 e. The molecular weight excluding hydrogens is 346 g/mol. The second-order valence-electron chi connectivity index (χ2n) is 5.76. The first-order chi connectivity index (χ1) is 11.9. The zero-order valence-corrected chi connectivity index (χ0v) is 14.4. The molecule has 0 radical (unpaired) electrons. The molecule has 0 aliphatic carbocycles. The maximum Gasteiger partial charge on any atom is 0.268 e. The number of nitrogens with one attached hydrogen (secondary N) is 2. The van der Waals surface area contributed by atoms with Crippen molar-refractivity contribution in [2.24, 2.45) is 0 Å². The van der Waals surface area contributed by atoms with Gasteiger partial charge in [-0.3, -0.25) is 20.0 Å². The summed E-state index contributed by atoms with van der Waals surface area (Å²) in [6.45, 7) is 3.13. The fourth-order valence-corrected chi connectivity index (χ4v) is 3.28. The van der Waals surface area contributed by atoms with Crippen LogP contribution in [0.15, 0.2) is 35.4 Å². The van der Waals surface area contributed by atoms with Gasteiger partial charge in [-0.2, -0.15) is 0 Å². The number of aromatic nitrogens is 4. The molecule has 0 aliphatic rings. The number of rotatable bonds is 5. The quantitative estimate of drug-likeness (QED) is 0.537. The van der Waals surface area contributed by atoms with Crippen molar-refractivity contribution in [2.45, 2.75) is 19.8 Å². The molecule has 9 heteroatoms. The SMILES string of the molecule is Cc1ccccc1-n1cnc(Cl)c1C(C[N+](=O)[O-])c1c(C)[nH][nH]c1=O. The van der Waals surface area contributed by atoms with Gasteiger partial charge < -0.3 is 9.67 Å². The van der Waals surface area contributed by atoms with E-state index in [2.05, 4.69) is 15.2 Å². The fourth-order valence-electron chi connectivity index (χ4n) is 3.01. The minimum absolute atomic E-state index is 0.134. The second kappa shape index (κ2) is 6.56. The number of nitrogens with zero attached hydrogens (tertiary/aromatic N) is 3. The van der Waals surface area contributed by atoms with E-state index in [1.165, 1.54) is 6.33 Å². The number of H-pyrrole nitrogens is 2. The number of imidazole rings is 1. The molecule has 0 saturated carbocycles. The Morgan fingerprint density at radius 2 is 2.04 bits per heavy atom. The van der Waals surface area contributed by atoms with E-state index in [9.17, 15) is 14.9 Å². The van der Waals surface area contributed by atoms with E-state index < -0.39 is 22.9 Å². The Hall–Kier alpha value is -2.87. The third kappa shape index (κ3) is 3.08. The minimum Gasteiger partial charge on any atom is -0.302 e. The Bertz CT molecular complexity index is 988. The van der Waals surface area contributed by atoms with Crippen molar-refractivity contribution in [3.05, 3.63) is 78.7 Å². The molecule has 1 unspecified atom stereocenters. The lowest BCUT2D eigenvalue weighted by atomic mass is 9.96. The van der Waals surface area contributed by atoms with Crippen LogP contribution in [0.3, 0.4) is 0 Å². The molecular formula is C16H16ClN5O3. The molecule has 3 rings (SSSR count). The summed E-state index contributed by atoms with van der Waals surface area (Å²) >= 11 is 6.27. The molecule has 25 heavy (non-hydrogen) atoms. The maximum absolute atomic E-state index is 12.2. The van der Waals surface area contributed by atoms with Crippen LogP contribution in [-0.4, -0.2) is 31.2 Å². The van der Waals surface area contributed by atoms with Crippen molar-refractivity contribution in [2.75, 3.05) is 6.54 Å². The molecule has 0 saturated heterocycles.